The zero-order valence-electron chi connectivity index (χ0n) is 14.3. The fourth-order valence-corrected chi connectivity index (χ4v) is 3.44. The van der Waals surface area contributed by atoms with Crippen LogP contribution in [0.5, 0.6) is 0 Å². The molecule has 2 aliphatic rings. The van der Waals surface area contributed by atoms with E-state index < -0.39 is 4.92 Å². The third kappa shape index (κ3) is 3.57. The van der Waals surface area contributed by atoms with Gasteiger partial charge in [-0.15, -0.1) is 0 Å². The van der Waals surface area contributed by atoms with E-state index in [1.165, 1.54) is 6.07 Å². The van der Waals surface area contributed by atoms with Gasteiger partial charge in [0.1, 0.15) is 5.69 Å². The highest BCUT2D eigenvalue weighted by molar-refractivity contribution is 5.95. The molecule has 0 saturated carbocycles. The minimum Gasteiger partial charge on any atom is -0.357 e. The summed E-state index contributed by atoms with van der Waals surface area (Å²) < 4.78 is 0. The van der Waals surface area contributed by atoms with Gasteiger partial charge in [0.15, 0.2) is 0 Å². The fraction of sp³-hybridized carbons (Fsp3) is 0.529. The smallest absolute Gasteiger partial charge is 0.292 e. The van der Waals surface area contributed by atoms with E-state index in [4.69, 9.17) is 0 Å². The molecule has 1 saturated heterocycles. The number of hydrogen-bond acceptors (Lipinski definition) is 5. The Morgan fingerprint density at radius 2 is 2.04 bits per heavy atom. The number of fused-ring (bicyclic) bond motifs is 1. The fourth-order valence-electron chi connectivity index (χ4n) is 3.44. The molecule has 2 heterocycles. The van der Waals surface area contributed by atoms with Gasteiger partial charge < -0.3 is 15.1 Å². The summed E-state index contributed by atoms with van der Waals surface area (Å²) in [6.07, 6.45) is 2.46. The van der Waals surface area contributed by atoms with E-state index in [0.717, 1.165) is 18.4 Å². The minimum atomic E-state index is -0.411. The molecule has 1 aromatic rings. The number of nitro groups is 1. The van der Waals surface area contributed by atoms with Crippen molar-refractivity contribution >= 4 is 28.9 Å². The summed E-state index contributed by atoms with van der Waals surface area (Å²) in [6, 6.07) is 3.18. The summed E-state index contributed by atoms with van der Waals surface area (Å²) in [5.41, 5.74) is 1.77. The van der Waals surface area contributed by atoms with Crippen LogP contribution in [0, 0.1) is 10.1 Å². The predicted octanol–water partition coefficient (Wildman–Crippen LogP) is 1.93. The number of nitro benzene ring substituents is 1. The Morgan fingerprint density at radius 1 is 1.24 bits per heavy atom. The predicted molar refractivity (Wildman–Crippen MR) is 93.7 cm³/mol. The van der Waals surface area contributed by atoms with Gasteiger partial charge in [0.05, 0.1) is 11.5 Å². The van der Waals surface area contributed by atoms with Crippen molar-refractivity contribution in [2.45, 2.75) is 32.6 Å². The summed E-state index contributed by atoms with van der Waals surface area (Å²) >= 11 is 0. The number of hydrogen-bond donors (Lipinski definition) is 1. The molecule has 8 heteroatoms. The molecule has 2 aliphatic heterocycles. The lowest BCUT2D eigenvalue weighted by Crippen LogP contribution is -2.37. The third-order valence-electron chi connectivity index (χ3n) is 4.66. The molecule has 2 amide bonds. The van der Waals surface area contributed by atoms with Crippen LogP contribution in [0.2, 0.25) is 0 Å². The molecule has 0 radical (unpaired) electrons. The second-order valence-corrected chi connectivity index (χ2v) is 6.46. The number of carbonyl (C=O) groups is 2. The molecule has 0 bridgehead atoms. The maximum absolute atomic E-state index is 12.5. The second-order valence-electron chi connectivity index (χ2n) is 6.46. The lowest BCUT2D eigenvalue weighted by atomic mass is 10.0. The SMILES string of the molecule is CCCN1CCCN(c2cc3c(cc2[N+](=O)[O-])CCC(=O)N3)CC1=O. The molecule has 25 heavy (non-hydrogen) atoms. The van der Waals surface area contributed by atoms with E-state index in [0.29, 0.717) is 43.9 Å². The molecule has 1 fully saturated rings. The average molecular weight is 346 g/mol. The first-order chi connectivity index (χ1) is 12.0. The maximum Gasteiger partial charge on any atom is 0.292 e. The Kier molecular flexibility index (Phi) is 4.87. The molecular weight excluding hydrogens is 324 g/mol. The van der Waals surface area contributed by atoms with Crippen LogP contribution in [-0.2, 0) is 16.0 Å². The number of aryl methyl sites for hydroxylation is 1. The Labute approximate surface area is 145 Å². The number of nitrogens with zero attached hydrogens (tertiary/aromatic N) is 3. The van der Waals surface area contributed by atoms with Crippen LogP contribution in [0.3, 0.4) is 0 Å². The van der Waals surface area contributed by atoms with Gasteiger partial charge in [-0.25, -0.2) is 0 Å². The Bertz CT molecular complexity index is 719. The maximum atomic E-state index is 12.5. The van der Waals surface area contributed by atoms with Crippen LogP contribution >= 0.6 is 0 Å². The van der Waals surface area contributed by atoms with Gasteiger partial charge in [0.25, 0.3) is 5.69 Å². The zero-order chi connectivity index (χ0) is 18.0. The van der Waals surface area contributed by atoms with Crippen molar-refractivity contribution in [2.24, 2.45) is 0 Å². The summed E-state index contributed by atoms with van der Waals surface area (Å²) in [5.74, 6) is -0.108. The second kappa shape index (κ2) is 7.08. The van der Waals surface area contributed by atoms with Gasteiger partial charge in [0.2, 0.25) is 11.8 Å². The quantitative estimate of drug-likeness (QED) is 0.664. The molecule has 0 aromatic heterocycles. The highest BCUT2D eigenvalue weighted by Gasteiger charge is 2.29. The van der Waals surface area contributed by atoms with Crippen LogP contribution in [0.25, 0.3) is 0 Å². The average Bonchev–Trinajstić information content (AvgIpc) is 2.76. The van der Waals surface area contributed by atoms with Crippen molar-refractivity contribution in [2.75, 3.05) is 36.4 Å². The van der Waals surface area contributed by atoms with Crippen LogP contribution in [0.15, 0.2) is 12.1 Å². The zero-order valence-corrected chi connectivity index (χ0v) is 14.3. The van der Waals surface area contributed by atoms with Gasteiger partial charge in [-0.1, -0.05) is 6.92 Å². The number of carbonyl (C=O) groups excluding carboxylic acids is 2. The molecule has 8 nitrogen and oxygen atoms in total. The summed E-state index contributed by atoms with van der Waals surface area (Å²) in [4.78, 5) is 38.8. The number of amides is 2. The molecule has 0 atom stereocenters. The molecule has 1 aromatic carbocycles. The van der Waals surface area contributed by atoms with E-state index >= 15 is 0 Å². The highest BCUT2D eigenvalue weighted by atomic mass is 16.6. The van der Waals surface area contributed by atoms with Crippen molar-refractivity contribution in [1.82, 2.24) is 4.90 Å². The van der Waals surface area contributed by atoms with Crippen molar-refractivity contribution < 1.29 is 14.5 Å². The first-order valence-electron chi connectivity index (χ1n) is 8.63. The summed E-state index contributed by atoms with van der Waals surface area (Å²) in [7, 11) is 0. The van der Waals surface area contributed by atoms with Gasteiger partial charge in [-0.05, 0) is 30.9 Å². The standard InChI is InChI=1S/C17H22N4O4/c1-2-6-19-7-3-8-20(11-17(19)23)14-10-13-12(4-5-16(22)18-13)9-15(14)21(24)25/h9-10H,2-8,11H2,1H3,(H,18,22). The van der Waals surface area contributed by atoms with Gasteiger partial charge in [-0.3, -0.25) is 19.7 Å². The third-order valence-corrected chi connectivity index (χ3v) is 4.66. The monoisotopic (exact) mass is 346 g/mol. The normalized spacial score (nSPS) is 17.8. The number of benzene rings is 1. The number of anilines is 2. The first kappa shape index (κ1) is 17.2. The van der Waals surface area contributed by atoms with Gasteiger partial charge in [0, 0.05) is 37.8 Å². The summed E-state index contributed by atoms with van der Waals surface area (Å²) in [6.45, 7) is 4.08. The van der Waals surface area contributed by atoms with Crippen molar-refractivity contribution in [3.63, 3.8) is 0 Å². The topological polar surface area (TPSA) is 95.8 Å². The molecule has 1 N–H and O–H groups in total. The van der Waals surface area contributed by atoms with Gasteiger partial charge >= 0.3 is 0 Å². The van der Waals surface area contributed by atoms with Crippen LogP contribution in [0.1, 0.15) is 31.7 Å². The highest BCUT2D eigenvalue weighted by Crippen LogP contribution is 2.36. The van der Waals surface area contributed by atoms with Crippen LogP contribution in [0.4, 0.5) is 17.1 Å². The largest absolute Gasteiger partial charge is 0.357 e. The molecule has 3 rings (SSSR count). The Hall–Kier alpha value is -2.64. The first-order valence-corrected chi connectivity index (χ1v) is 8.63. The van der Waals surface area contributed by atoms with E-state index in [1.54, 1.807) is 11.0 Å². The lowest BCUT2D eigenvalue weighted by Gasteiger charge is -2.25. The van der Waals surface area contributed by atoms with E-state index in [-0.39, 0.29) is 24.0 Å². The van der Waals surface area contributed by atoms with E-state index in [2.05, 4.69) is 5.32 Å². The van der Waals surface area contributed by atoms with Crippen molar-refractivity contribution in [1.29, 1.82) is 0 Å². The molecular formula is C17H22N4O4. The molecule has 134 valence electrons. The van der Waals surface area contributed by atoms with Gasteiger partial charge in [-0.2, -0.15) is 0 Å². The number of rotatable bonds is 4. The molecule has 0 spiro atoms. The Balaban J connectivity index is 1.95. The number of nitrogens with one attached hydrogen (secondary N) is 1. The molecule has 0 aliphatic carbocycles. The summed E-state index contributed by atoms with van der Waals surface area (Å²) in [5, 5.41) is 14.3. The molecule has 0 unspecified atom stereocenters. The van der Waals surface area contributed by atoms with E-state index in [9.17, 15) is 19.7 Å². The van der Waals surface area contributed by atoms with Crippen LogP contribution in [-0.4, -0.2) is 47.8 Å². The lowest BCUT2D eigenvalue weighted by molar-refractivity contribution is -0.384. The van der Waals surface area contributed by atoms with Crippen molar-refractivity contribution in [3.05, 3.63) is 27.8 Å². The van der Waals surface area contributed by atoms with E-state index in [1.807, 2.05) is 11.8 Å². The van der Waals surface area contributed by atoms with Crippen LogP contribution < -0.4 is 10.2 Å². The Morgan fingerprint density at radius 3 is 2.76 bits per heavy atom. The van der Waals surface area contributed by atoms with Crippen molar-refractivity contribution in [3.8, 4) is 0 Å². The minimum absolute atomic E-state index is 0.00774.